The summed E-state index contributed by atoms with van der Waals surface area (Å²) in [7, 11) is 1.67. The van der Waals surface area contributed by atoms with Gasteiger partial charge in [0.05, 0.1) is 0 Å². The van der Waals surface area contributed by atoms with Crippen LogP contribution in [0.1, 0.15) is 10.4 Å². The zero-order valence-corrected chi connectivity index (χ0v) is 11.4. The minimum absolute atomic E-state index is 0.124. The van der Waals surface area contributed by atoms with Crippen LogP contribution in [0.3, 0.4) is 0 Å². The second kappa shape index (κ2) is 5.18. The Hall–Kier alpha value is -1.88. The standard InChI is InChI=1S/C13H12BrN3O/c1-17(12-8-11(15)6-7-16-12)13(18)9-2-4-10(14)5-3-9/h2-8H,1H3,(H2,15,16). The Labute approximate surface area is 114 Å². The van der Waals surface area contributed by atoms with E-state index in [1.165, 1.54) is 4.90 Å². The Morgan fingerprint density at radius 2 is 1.94 bits per heavy atom. The van der Waals surface area contributed by atoms with Gasteiger partial charge in [0, 0.05) is 35.0 Å². The third-order valence-corrected chi connectivity index (χ3v) is 3.04. The Kier molecular flexibility index (Phi) is 3.62. The number of pyridine rings is 1. The molecule has 18 heavy (non-hydrogen) atoms. The summed E-state index contributed by atoms with van der Waals surface area (Å²) in [6.07, 6.45) is 1.58. The summed E-state index contributed by atoms with van der Waals surface area (Å²) in [6, 6.07) is 10.5. The highest BCUT2D eigenvalue weighted by atomic mass is 79.9. The van der Waals surface area contributed by atoms with E-state index in [9.17, 15) is 4.79 Å². The third-order valence-electron chi connectivity index (χ3n) is 2.51. The zero-order chi connectivity index (χ0) is 13.1. The van der Waals surface area contributed by atoms with Gasteiger partial charge in [-0.25, -0.2) is 4.98 Å². The van der Waals surface area contributed by atoms with E-state index in [1.54, 1.807) is 37.5 Å². The topological polar surface area (TPSA) is 59.2 Å². The van der Waals surface area contributed by atoms with E-state index in [-0.39, 0.29) is 5.91 Å². The summed E-state index contributed by atoms with van der Waals surface area (Å²) in [4.78, 5) is 17.8. The van der Waals surface area contributed by atoms with Crippen LogP contribution in [0, 0.1) is 0 Å². The summed E-state index contributed by atoms with van der Waals surface area (Å²) in [5.74, 6) is 0.406. The first kappa shape index (κ1) is 12.6. The van der Waals surface area contributed by atoms with E-state index < -0.39 is 0 Å². The molecule has 92 valence electrons. The summed E-state index contributed by atoms with van der Waals surface area (Å²) < 4.78 is 0.934. The van der Waals surface area contributed by atoms with Crippen LogP contribution in [0.4, 0.5) is 11.5 Å². The van der Waals surface area contributed by atoms with E-state index in [1.807, 2.05) is 12.1 Å². The van der Waals surface area contributed by atoms with E-state index in [0.29, 0.717) is 17.1 Å². The molecule has 2 aromatic rings. The largest absolute Gasteiger partial charge is 0.399 e. The number of nitrogens with two attached hydrogens (primary N) is 1. The van der Waals surface area contributed by atoms with Crippen LogP contribution in [0.25, 0.3) is 0 Å². The summed E-state index contributed by atoms with van der Waals surface area (Å²) in [5.41, 5.74) is 6.85. The molecule has 0 unspecified atom stereocenters. The lowest BCUT2D eigenvalue weighted by molar-refractivity contribution is 0.0992. The van der Waals surface area contributed by atoms with E-state index in [2.05, 4.69) is 20.9 Å². The van der Waals surface area contributed by atoms with Gasteiger partial charge >= 0.3 is 0 Å². The van der Waals surface area contributed by atoms with Gasteiger partial charge in [0.1, 0.15) is 5.82 Å². The zero-order valence-electron chi connectivity index (χ0n) is 9.80. The molecule has 0 saturated carbocycles. The number of hydrogen-bond acceptors (Lipinski definition) is 3. The highest BCUT2D eigenvalue weighted by Gasteiger charge is 2.14. The molecule has 0 aliphatic heterocycles. The van der Waals surface area contributed by atoms with Crippen LogP contribution in [-0.2, 0) is 0 Å². The van der Waals surface area contributed by atoms with Gasteiger partial charge in [-0.2, -0.15) is 0 Å². The molecule has 4 nitrogen and oxygen atoms in total. The molecular formula is C13H12BrN3O. The summed E-state index contributed by atoms with van der Waals surface area (Å²) >= 11 is 3.33. The van der Waals surface area contributed by atoms with Crippen molar-refractivity contribution in [2.45, 2.75) is 0 Å². The lowest BCUT2D eigenvalue weighted by Crippen LogP contribution is -2.27. The second-order valence-electron chi connectivity index (χ2n) is 3.82. The van der Waals surface area contributed by atoms with Crippen LogP contribution in [0.2, 0.25) is 0 Å². The van der Waals surface area contributed by atoms with Crippen molar-refractivity contribution in [3.05, 3.63) is 52.6 Å². The SMILES string of the molecule is CN(C(=O)c1ccc(Br)cc1)c1cc(N)ccn1. The molecule has 1 aromatic carbocycles. The molecule has 0 spiro atoms. The van der Waals surface area contributed by atoms with E-state index >= 15 is 0 Å². The van der Waals surface area contributed by atoms with Crippen molar-refractivity contribution in [3.8, 4) is 0 Å². The van der Waals surface area contributed by atoms with Gasteiger partial charge in [0.2, 0.25) is 0 Å². The first-order valence-corrected chi connectivity index (χ1v) is 6.12. The van der Waals surface area contributed by atoms with Gasteiger partial charge in [-0.3, -0.25) is 9.69 Å². The number of carbonyl (C=O) groups is 1. The van der Waals surface area contributed by atoms with Crippen molar-refractivity contribution < 1.29 is 4.79 Å². The van der Waals surface area contributed by atoms with Crippen molar-refractivity contribution in [1.29, 1.82) is 0 Å². The average molecular weight is 306 g/mol. The maximum Gasteiger partial charge on any atom is 0.259 e. The predicted molar refractivity (Wildman–Crippen MR) is 75.5 cm³/mol. The fourth-order valence-electron chi connectivity index (χ4n) is 1.51. The molecule has 5 heteroatoms. The molecule has 0 radical (unpaired) electrons. The van der Waals surface area contributed by atoms with Crippen molar-refractivity contribution in [2.24, 2.45) is 0 Å². The molecule has 2 N–H and O–H groups in total. The highest BCUT2D eigenvalue weighted by Crippen LogP contribution is 2.17. The van der Waals surface area contributed by atoms with E-state index in [4.69, 9.17) is 5.73 Å². The van der Waals surface area contributed by atoms with Gasteiger partial charge in [-0.05, 0) is 30.3 Å². The second-order valence-corrected chi connectivity index (χ2v) is 4.73. The summed E-state index contributed by atoms with van der Waals surface area (Å²) in [6.45, 7) is 0. The molecule has 0 aliphatic rings. The molecule has 1 heterocycles. The number of aromatic nitrogens is 1. The first-order valence-electron chi connectivity index (χ1n) is 5.33. The molecule has 1 amide bonds. The van der Waals surface area contributed by atoms with Gasteiger partial charge in [0.25, 0.3) is 5.91 Å². The van der Waals surface area contributed by atoms with Crippen molar-refractivity contribution in [3.63, 3.8) is 0 Å². The maximum absolute atomic E-state index is 12.2. The lowest BCUT2D eigenvalue weighted by Gasteiger charge is -2.16. The quantitative estimate of drug-likeness (QED) is 0.928. The Morgan fingerprint density at radius 1 is 1.28 bits per heavy atom. The smallest absolute Gasteiger partial charge is 0.259 e. The average Bonchev–Trinajstić information content (AvgIpc) is 2.38. The Morgan fingerprint density at radius 3 is 2.56 bits per heavy atom. The van der Waals surface area contributed by atoms with Gasteiger partial charge in [-0.1, -0.05) is 15.9 Å². The molecule has 2 rings (SSSR count). The third kappa shape index (κ3) is 2.68. The highest BCUT2D eigenvalue weighted by molar-refractivity contribution is 9.10. The van der Waals surface area contributed by atoms with Crippen molar-refractivity contribution >= 4 is 33.3 Å². The van der Waals surface area contributed by atoms with Crippen LogP contribution >= 0.6 is 15.9 Å². The number of benzene rings is 1. The molecule has 1 aromatic heterocycles. The number of amides is 1. The van der Waals surface area contributed by atoms with Crippen LogP contribution in [0.5, 0.6) is 0 Å². The van der Waals surface area contributed by atoms with Crippen LogP contribution in [-0.4, -0.2) is 17.9 Å². The minimum atomic E-state index is -0.124. The lowest BCUT2D eigenvalue weighted by atomic mass is 10.2. The van der Waals surface area contributed by atoms with Gasteiger partial charge in [0.15, 0.2) is 0 Å². The van der Waals surface area contributed by atoms with Crippen LogP contribution < -0.4 is 10.6 Å². The first-order chi connectivity index (χ1) is 8.58. The molecule has 0 fully saturated rings. The fraction of sp³-hybridized carbons (Fsp3) is 0.0769. The Balaban J connectivity index is 2.26. The fourth-order valence-corrected chi connectivity index (χ4v) is 1.77. The van der Waals surface area contributed by atoms with Crippen molar-refractivity contribution in [2.75, 3.05) is 17.7 Å². The van der Waals surface area contributed by atoms with E-state index in [0.717, 1.165) is 4.47 Å². The monoisotopic (exact) mass is 305 g/mol. The maximum atomic E-state index is 12.2. The number of hydrogen-bond donors (Lipinski definition) is 1. The number of rotatable bonds is 2. The summed E-state index contributed by atoms with van der Waals surface area (Å²) in [5, 5.41) is 0. The minimum Gasteiger partial charge on any atom is -0.399 e. The molecule has 0 atom stereocenters. The molecule has 0 aliphatic carbocycles. The van der Waals surface area contributed by atoms with Crippen LogP contribution in [0.15, 0.2) is 47.1 Å². The molecule has 0 saturated heterocycles. The van der Waals surface area contributed by atoms with Crippen molar-refractivity contribution in [1.82, 2.24) is 4.98 Å². The number of nitrogens with zero attached hydrogens (tertiary/aromatic N) is 2. The molecular weight excluding hydrogens is 294 g/mol. The normalized spacial score (nSPS) is 10.1. The Bertz CT molecular complexity index is 569. The number of carbonyl (C=O) groups excluding carboxylic acids is 1. The number of anilines is 2. The predicted octanol–water partition coefficient (Wildman–Crippen LogP) is 2.70. The van der Waals surface area contributed by atoms with Gasteiger partial charge < -0.3 is 5.73 Å². The number of nitrogen functional groups attached to an aromatic ring is 1. The molecule has 0 bridgehead atoms. The number of halogens is 1. The van der Waals surface area contributed by atoms with Gasteiger partial charge in [-0.15, -0.1) is 0 Å².